The fourth-order valence-electron chi connectivity index (χ4n) is 7.63. The van der Waals surface area contributed by atoms with Crippen molar-refractivity contribution in [2.45, 2.75) is 0 Å². The number of fused-ring (bicyclic) bond motifs is 10. The molecule has 10 rings (SSSR count). The van der Waals surface area contributed by atoms with Crippen LogP contribution >= 0.6 is 0 Å². The van der Waals surface area contributed by atoms with E-state index in [0.29, 0.717) is 0 Å². The van der Waals surface area contributed by atoms with Gasteiger partial charge in [-0.2, -0.15) is 0 Å². The van der Waals surface area contributed by atoms with Crippen LogP contribution in [0.25, 0.3) is 87.7 Å². The molecule has 0 N–H and O–H groups in total. The van der Waals surface area contributed by atoms with Gasteiger partial charge in [-0.15, -0.1) is 0 Å². The Morgan fingerprint density at radius 1 is 0.283 bits per heavy atom. The molecule has 0 saturated carbocycles. The van der Waals surface area contributed by atoms with Gasteiger partial charge in [-0.25, -0.2) is 0 Å². The summed E-state index contributed by atoms with van der Waals surface area (Å²) in [5, 5.41) is 10.3. The third-order valence-electron chi connectivity index (χ3n) is 9.69. The highest BCUT2D eigenvalue weighted by Gasteiger charge is 2.18. The fraction of sp³-hybridized carbons (Fsp3) is 0. The summed E-state index contributed by atoms with van der Waals surface area (Å²) < 4.78 is 4.82. The Hall–Kier alpha value is -6.12. The van der Waals surface area contributed by atoms with Gasteiger partial charge < -0.3 is 9.13 Å². The summed E-state index contributed by atoms with van der Waals surface area (Å²) in [7, 11) is 0. The summed E-state index contributed by atoms with van der Waals surface area (Å²) in [5.74, 6) is 0. The van der Waals surface area contributed by atoms with Crippen LogP contribution in [0.2, 0.25) is 0 Å². The van der Waals surface area contributed by atoms with Crippen molar-refractivity contribution in [3.8, 4) is 22.5 Å². The molecule has 2 aromatic heterocycles. The molecule has 46 heavy (non-hydrogen) atoms. The summed E-state index contributed by atoms with van der Waals surface area (Å²) in [6.45, 7) is 0. The zero-order chi connectivity index (χ0) is 30.2. The standard InChI is InChI=1S/C44H28N2/c1-2-12-33(13-3-1)45-39-17-9-8-16-37(39)38-25-20-32(28-42(38)45)29-18-23-34(24-19-29)46-40-26-21-30-10-4-6-14-35(30)43(40)44-36-15-7-5-11-31(36)22-27-41(44)46/h1-28H. The molecule has 10 aromatic rings. The quantitative estimate of drug-likeness (QED) is 0.195. The largest absolute Gasteiger partial charge is 0.309 e. The Bertz CT molecular complexity index is 2690. The summed E-state index contributed by atoms with van der Waals surface area (Å²) in [6.07, 6.45) is 0. The van der Waals surface area contributed by atoms with Crippen molar-refractivity contribution in [2.75, 3.05) is 0 Å². The smallest absolute Gasteiger partial charge is 0.0547 e. The maximum absolute atomic E-state index is 2.43. The monoisotopic (exact) mass is 584 g/mol. The first kappa shape index (κ1) is 25.2. The zero-order valence-electron chi connectivity index (χ0n) is 25.1. The second-order valence-electron chi connectivity index (χ2n) is 12.2. The van der Waals surface area contributed by atoms with Crippen LogP contribution in [0.4, 0.5) is 0 Å². The highest BCUT2D eigenvalue weighted by molar-refractivity contribution is 6.28. The normalized spacial score (nSPS) is 11.9. The molecule has 0 aliphatic heterocycles. The number of benzene rings is 8. The van der Waals surface area contributed by atoms with E-state index in [0.717, 1.165) is 5.69 Å². The molecule has 8 aromatic carbocycles. The molecule has 0 saturated heterocycles. The van der Waals surface area contributed by atoms with E-state index in [1.54, 1.807) is 0 Å². The van der Waals surface area contributed by atoms with Crippen LogP contribution in [0.15, 0.2) is 170 Å². The molecule has 0 atom stereocenters. The van der Waals surface area contributed by atoms with Crippen molar-refractivity contribution in [3.05, 3.63) is 170 Å². The molecule has 214 valence electrons. The second kappa shape index (κ2) is 9.69. The average Bonchev–Trinajstić information content (AvgIpc) is 3.65. The van der Waals surface area contributed by atoms with Crippen LogP contribution in [0.5, 0.6) is 0 Å². The van der Waals surface area contributed by atoms with E-state index in [9.17, 15) is 0 Å². The molecule has 2 nitrogen and oxygen atoms in total. The summed E-state index contributed by atoms with van der Waals surface area (Å²) in [5.41, 5.74) is 9.64. The number of aromatic nitrogens is 2. The highest BCUT2D eigenvalue weighted by Crippen LogP contribution is 2.41. The molecule has 0 aliphatic carbocycles. The number of para-hydroxylation sites is 2. The van der Waals surface area contributed by atoms with Gasteiger partial charge >= 0.3 is 0 Å². The van der Waals surface area contributed by atoms with E-state index >= 15 is 0 Å². The molecule has 2 heteroatoms. The lowest BCUT2D eigenvalue weighted by Crippen LogP contribution is -1.94. The predicted octanol–water partition coefficient (Wildman–Crippen LogP) is 11.9. The van der Waals surface area contributed by atoms with Crippen LogP contribution in [-0.2, 0) is 0 Å². The maximum atomic E-state index is 2.43. The molecule has 0 aliphatic rings. The predicted molar refractivity (Wildman–Crippen MR) is 196 cm³/mol. The molecule has 0 bridgehead atoms. The first-order valence-electron chi connectivity index (χ1n) is 15.9. The van der Waals surface area contributed by atoms with Gasteiger partial charge in [-0.3, -0.25) is 0 Å². The SMILES string of the molecule is c1ccc(-n2c3ccccc3c3ccc(-c4ccc(-n5c6ccc7ccccc7c6c6c7ccccc7ccc65)cc4)cc32)cc1. The number of hydrogen-bond acceptors (Lipinski definition) is 0. The average molecular weight is 585 g/mol. The Labute approximate surface area is 266 Å². The van der Waals surface area contributed by atoms with Crippen molar-refractivity contribution in [1.82, 2.24) is 9.13 Å². The Morgan fingerprint density at radius 3 is 1.46 bits per heavy atom. The van der Waals surface area contributed by atoms with Crippen LogP contribution in [0, 0.1) is 0 Å². The lowest BCUT2D eigenvalue weighted by molar-refractivity contribution is 1.18. The third-order valence-corrected chi connectivity index (χ3v) is 9.69. The number of rotatable bonds is 3. The van der Waals surface area contributed by atoms with E-state index in [1.165, 1.54) is 82.0 Å². The molecule has 2 heterocycles. The minimum atomic E-state index is 1.16. The second-order valence-corrected chi connectivity index (χ2v) is 12.2. The molecule has 0 fully saturated rings. The first-order chi connectivity index (χ1) is 22.8. The Balaban J connectivity index is 1.17. The number of nitrogens with zero attached hydrogens (tertiary/aromatic N) is 2. The molecule has 0 radical (unpaired) electrons. The van der Waals surface area contributed by atoms with Crippen LogP contribution in [0.1, 0.15) is 0 Å². The van der Waals surface area contributed by atoms with Crippen molar-refractivity contribution in [1.29, 1.82) is 0 Å². The third kappa shape index (κ3) is 3.59. The van der Waals surface area contributed by atoms with Gasteiger partial charge in [-0.05, 0) is 81.2 Å². The lowest BCUT2D eigenvalue weighted by Gasteiger charge is -2.11. The van der Waals surface area contributed by atoms with E-state index < -0.39 is 0 Å². The maximum Gasteiger partial charge on any atom is 0.0547 e. The Kier molecular flexibility index (Phi) is 5.31. The van der Waals surface area contributed by atoms with Crippen molar-refractivity contribution in [3.63, 3.8) is 0 Å². The van der Waals surface area contributed by atoms with Crippen molar-refractivity contribution < 1.29 is 0 Å². The molecule has 0 unspecified atom stereocenters. The minimum Gasteiger partial charge on any atom is -0.309 e. The highest BCUT2D eigenvalue weighted by atomic mass is 15.0. The molecular formula is C44H28N2. The van der Waals surface area contributed by atoms with Gasteiger partial charge in [0.05, 0.1) is 22.1 Å². The van der Waals surface area contributed by atoms with E-state index in [1.807, 2.05) is 0 Å². The number of hydrogen-bond donors (Lipinski definition) is 0. The fourth-order valence-corrected chi connectivity index (χ4v) is 7.63. The van der Waals surface area contributed by atoms with Crippen LogP contribution < -0.4 is 0 Å². The van der Waals surface area contributed by atoms with Crippen LogP contribution in [-0.4, -0.2) is 9.13 Å². The topological polar surface area (TPSA) is 9.86 Å². The summed E-state index contributed by atoms with van der Waals surface area (Å²) in [4.78, 5) is 0. The van der Waals surface area contributed by atoms with Gasteiger partial charge in [0.1, 0.15) is 0 Å². The van der Waals surface area contributed by atoms with Gasteiger partial charge in [0.15, 0.2) is 0 Å². The van der Waals surface area contributed by atoms with Gasteiger partial charge in [0.25, 0.3) is 0 Å². The summed E-state index contributed by atoms with van der Waals surface area (Å²) >= 11 is 0. The molecular weight excluding hydrogens is 556 g/mol. The van der Waals surface area contributed by atoms with E-state index in [-0.39, 0.29) is 0 Å². The van der Waals surface area contributed by atoms with Gasteiger partial charge in [0, 0.05) is 32.9 Å². The van der Waals surface area contributed by atoms with Crippen LogP contribution in [0.3, 0.4) is 0 Å². The minimum absolute atomic E-state index is 1.16. The molecule has 0 spiro atoms. The van der Waals surface area contributed by atoms with Gasteiger partial charge in [-0.1, -0.05) is 121 Å². The Morgan fingerprint density at radius 2 is 0.783 bits per heavy atom. The first-order valence-corrected chi connectivity index (χ1v) is 15.9. The van der Waals surface area contributed by atoms with E-state index in [4.69, 9.17) is 0 Å². The van der Waals surface area contributed by atoms with E-state index in [2.05, 4.69) is 179 Å². The van der Waals surface area contributed by atoms with Crippen molar-refractivity contribution >= 4 is 65.2 Å². The molecule has 0 amide bonds. The summed E-state index contributed by atoms with van der Waals surface area (Å²) in [6, 6.07) is 61.9. The van der Waals surface area contributed by atoms with Crippen molar-refractivity contribution in [2.24, 2.45) is 0 Å². The lowest BCUT2D eigenvalue weighted by atomic mass is 10.00. The van der Waals surface area contributed by atoms with Gasteiger partial charge in [0.2, 0.25) is 0 Å². The zero-order valence-corrected chi connectivity index (χ0v) is 25.1.